The second kappa shape index (κ2) is 6.22. The van der Waals surface area contributed by atoms with Gasteiger partial charge in [0.15, 0.2) is 0 Å². The van der Waals surface area contributed by atoms with Crippen LogP contribution >= 0.6 is 0 Å². The predicted molar refractivity (Wildman–Crippen MR) is 85.4 cm³/mol. The Morgan fingerprint density at radius 1 is 1.22 bits per heavy atom. The van der Waals surface area contributed by atoms with Crippen molar-refractivity contribution in [1.29, 1.82) is 0 Å². The van der Waals surface area contributed by atoms with Crippen LogP contribution in [0.15, 0.2) is 24.3 Å². The molecule has 1 aliphatic heterocycles. The third kappa shape index (κ3) is 2.80. The zero-order valence-corrected chi connectivity index (χ0v) is 13.5. The predicted octanol–water partition coefficient (Wildman–Crippen LogP) is 2.48. The van der Waals surface area contributed by atoms with Gasteiger partial charge in [-0.05, 0) is 30.9 Å². The highest BCUT2D eigenvalue weighted by molar-refractivity contribution is 5.88. The number of likely N-dealkylation sites (N-methyl/N-ethyl adjacent to an activating group) is 1. The Bertz CT molecular complexity index is 607. The van der Waals surface area contributed by atoms with Crippen LogP contribution in [0.25, 0.3) is 0 Å². The minimum atomic E-state index is -1.05. The van der Waals surface area contributed by atoms with E-state index in [-0.39, 0.29) is 11.8 Å². The summed E-state index contributed by atoms with van der Waals surface area (Å²) >= 11 is 0. The standard InChI is InChI=1S/C18H23NO4/c1-19(18(17(21)22)9-5-2-6-10-18)16(20)14-11-13-7-3-4-8-15(13)23-12-14/h3-4,7-8,14H,2,5-6,9-12H2,1H3,(H,21,22). The molecule has 5 heteroatoms. The third-order valence-corrected chi connectivity index (χ3v) is 5.28. The molecule has 0 radical (unpaired) electrons. The number of carbonyl (C=O) groups is 2. The zero-order chi connectivity index (χ0) is 16.4. The van der Waals surface area contributed by atoms with Crippen LogP contribution in [0.5, 0.6) is 5.75 Å². The minimum absolute atomic E-state index is 0.121. The highest BCUT2D eigenvalue weighted by Crippen LogP contribution is 2.35. The summed E-state index contributed by atoms with van der Waals surface area (Å²) in [6.45, 7) is 0.315. The summed E-state index contributed by atoms with van der Waals surface area (Å²) < 4.78 is 5.69. The molecule has 1 aromatic rings. The normalized spacial score (nSPS) is 22.6. The molecule has 1 N–H and O–H groups in total. The van der Waals surface area contributed by atoms with Gasteiger partial charge in [0, 0.05) is 7.05 Å². The van der Waals surface area contributed by atoms with Gasteiger partial charge in [-0.25, -0.2) is 4.79 Å². The van der Waals surface area contributed by atoms with Crippen LogP contribution in [0.1, 0.15) is 37.7 Å². The van der Waals surface area contributed by atoms with Gasteiger partial charge in [-0.3, -0.25) is 4.79 Å². The number of carbonyl (C=O) groups excluding carboxylic acids is 1. The van der Waals surface area contributed by atoms with Crippen molar-refractivity contribution in [3.05, 3.63) is 29.8 Å². The third-order valence-electron chi connectivity index (χ3n) is 5.28. The first kappa shape index (κ1) is 15.8. The van der Waals surface area contributed by atoms with Crippen molar-refractivity contribution in [2.75, 3.05) is 13.7 Å². The second-order valence-electron chi connectivity index (χ2n) is 6.61. The van der Waals surface area contributed by atoms with Crippen molar-refractivity contribution in [1.82, 2.24) is 4.90 Å². The van der Waals surface area contributed by atoms with Crippen molar-refractivity contribution in [2.45, 2.75) is 44.1 Å². The number of rotatable bonds is 3. The smallest absolute Gasteiger partial charge is 0.329 e. The number of aliphatic carboxylic acids is 1. The van der Waals surface area contributed by atoms with E-state index < -0.39 is 11.5 Å². The zero-order valence-electron chi connectivity index (χ0n) is 13.5. The van der Waals surface area contributed by atoms with Gasteiger partial charge in [0.2, 0.25) is 5.91 Å². The number of hydrogen-bond donors (Lipinski definition) is 1. The van der Waals surface area contributed by atoms with Crippen molar-refractivity contribution in [3.8, 4) is 5.75 Å². The Labute approximate surface area is 136 Å². The van der Waals surface area contributed by atoms with E-state index in [0.29, 0.717) is 25.9 Å². The van der Waals surface area contributed by atoms with Crippen LogP contribution in [0.4, 0.5) is 0 Å². The van der Waals surface area contributed by atoms with Crippen molar-refractivity contribution >= 4 is 11.9 Å². The Balaban J connectivity index is 1.78. The van der Waals surface area contributed by atoms with E-state index in [1.54, 1.807) is 7.05 Å². The average molecular weight is 317 g/mol. The number of ether oxygens (including phenoxy) is 1. The molecule has 0 bridgehead atoms. The molecule has 0 spiro atoms. The molecule has 0 aromatic heterocycles. The van der Waals surface area contributed by atoms with Gasteiger partial charge in [-0.2, -0.15) is 0 Å². The Hall–Kier alpha value is -2.04. The van der Waals surface area contributed by atoms with Crippen LogP contribution in [-0.4, -0.2) is 41.1 Å². The van der Waals surface area contributed by atoms with E-state index in [4.69, 9.17) is 4.74 Å². The maximum Gasteiger partial charge on any atom is 0.329 e. The van der Waals surface area contributed by atoms with Gasteiger partial charge in [0.25, 0.3) is 0 Å². The van der Waals surface area contributed by atoms with Gasteiger partial charge >= 0.3 is 5.97 Å². The molecule has 1 aliphatic carbocycles. The van der Waals surface area contributed by atoms with Crippen LogP contribution in [0.2, 0.25) is 0 Å². The quantitative estimate of drug-likeness (QED) is 0.930. The van der Waals surface area contributed by atoms with Crippen LogP contribution in [0, 0.1) is 5.92 Å². The van der Waals surface area contributed by atoms with E-state index in [1.807, 2.05) is 24.3 Å². The first-order valence-corrected chi connectivity index (χ1v) is 8.26. The molecule has 1 saturated carbocycles. The van der Waals surface area contributed by atoms with E-state index >= 15 is 0 Å². The van der Waals surface area contributed by atoms with Crippen LogP contribution < -0.4 is 4.74 Å². The minimum Gasteiger partial charge on any atom is -0.492 e. The van der Waals surface area contributed by atoms with Crippen molar-refractivity contribution in [2.24, 2.45) is 5.92 Å². The van der Waals surface area contributed by atoms with Gasteiger partial charge < -0.3 is 14.7 Å². The molecule has 1 atom stereocenters. The van der Waals surface area contributed by atoms with E-state index in [2.05, 4.69) is 0 Å². The van der Waals surface area contributed by atoms with Crippen molar-refractivity contribution < 1.29 is 19.4 Å². The van der Waals surface area contributed by atoms with Crippen LogP contribution in [-0.2, 0) is 16.0 Å². The topological polar surface area (TPSA) is 66.8 Å². The number of hydrogen-bond acceptors (Lipinski definition) is 3. The number of fused-ring (bicyclic) bond motifs is 1. The lowest BCUT2D eigenvalue weighted by molar-refractivity contribution is -0.162. The number of carboxylic acids is 1. The van der Waals surface area contributed by atoms with Gasteiger partial charge in [-0.1, -0.05) is 37.5 Å². The van der Waals surface area contributed by atoms with E-state index in [9.17, 15) is 14.7 Å². The molecular weight excluding hydrogens is 294 g/mol. The molecule has 1 aromatic carbocycles. The highest BCUT2D eigenvalue weighted by Gasteiger charge is 2.47. The van der Waals surface area contributed by atoms with Gasteiger partial charge in [0.05, 0.1) is 5.92 Å². The first-order valence-electron chi connectivity index (χ1n) is 8.26. The molecule has 1 unspecified atom stereocenters. The monoisotopic (exact) mass is 317 g/mol. The molecular formula is C18H23NO4. The molecule has 1 fully saturated rings. The Kier molecular flexibility index (Phi) is 4.28. The molecule has 5 nitrogen and oxygen atoms in total. The summed E-state index contributed by atoms with van der Waals surface area (Å²) in [4.78, 5) is 26.3. The Morgan fingerprint density at radius 2 is 1.91 bits per heavy atom. The molecule has 124 valence electrons. The molecule has 0 saturated heterocycles. The fourth-order valence-corrected chi connectivity index (χ4v) is 3.80. The lowest BCUT2D eigenvalue weighted by Gasteiger charge is -2.42. The largest absolute Gasteiger partial charge is 0.492 e. The van der Waals surface area contributed by atoms with E-state index in [1.165, 1.54) is 4.90 Å². The Morgan fingerprint density at radius 3 is 2.61 bits per heavy atom. The first-order chi connectivity index (χ1) is 11.0. The number of para-hydroxylation sites is 1. The summed E-state index contributed by atoms with van der Waals surface area (Å²) in [7, 11) is 1.64. The lowest BCUT2D eigenvalue weighted by Crippen LogP contribution is -2.58. The summed E-state index contributed by atoms with van der Waals surface area (Å²) in [5, 5.41) is 9.74. The number of benzene rings is 1. The van der Waals surface area contributed by atoms with E-state index in [0.717, 1.165) is 30.6 Å². The summed E-state index contributed by atoms with van der Waals surface area (Å²) in [5.74, 6) is -0.494. The van der Waals surface area contributed by atoms with Crippen molar-refractivity contribution in [3.63, 3.8) is 0 Å². The highest BCUT2D eigenvalue weighted by atomic mass is 16.5. The molecule has 1 heterocycles. The second-order valence-corrected chi connectivity index (χ2v) is 6.61. The molecule has 1 amide bonds. The molecule has 3 rings (SSSR count). The summed E-state index contributed by atoms with van der Waals surface area (Å²) in [5.41, 5.74) is -0.0368. The molecule has 23 heavy (non-hydrogen) atoms. The average Bonchev–Trinajstić information content (AvgIpc) is 2.60. The lowest BCUT2D eigenvalue weighted by atomic mass is 9.79. The van der Waals surface area contributed by atoms with Crippen LogP contribution in [0.3, 0.4) is 0 Å². The fraction of sp³-hybridized carbons (Fsp3) is 0.556. The SMILES string of the molecule is CN(C(=O)C1COc2ccccc2C1)C1(C(=O)O)CCCCC1. The number of carboxylic acid groups (broad SMARTS) is 1. The maximum absolute atomic E-state index is 12.9. The van der Waals surface area contributed by atoms with Gasteiger partial charge in [-0.15, -0.1) is 0 Å². The fourth-order valence-electron chi connectivity index (χ4n) is 3.80. The molecule has 2 aliphatic rings. The summed E-state index contributed by atoms with van der Waals surface area (Å²) in [6, 6.07) is 7.70. The van der Waals surface area contributed by atoms with Gasteiger partial charge in [0.1, 0.15) is 17.9 Å². The number of nitrogens with zero attached hydrogens (tertiary/aromatic N) is 1. The maximum atomic E-state index is 12.9. The number of amides is 1. The summed E-state index contributed by atoms with van der Waals surface area (Å²) in [6.07, 6.45) is 4.43.